The number of phenolic OH excluding ortho intramolecular Hbond substituents is 2. The van der Waals surface area contributed by atoms with Crippen molar-refractivity contribution in [1.29, 1.82) is 0 Å². The summed E-state index contributed by atoms with van der Waals surface area (Å²) in [7, 11) is -3.49. The Morgan fingerprint density at radius 2 is 1.69 bits per heavy atom. The lowest BCUT2D eigenvalue weighted by Crippen LogP contribution is -2.09. The van der Waals surface area contributed by atoms with Crippen LogP contribution in [0.2, 0.25) is 0 Å². The van der Waals surface area contributed by atoms with Crippen LogP contribution in [0.4, 0.5) is 5.69 Å². The number of rotatable bonds is 2. The summed E-state index contributed by atoms with van der Waals surface area (Å²) in [5.74, 6) is -0.629. The first kappa shape index (κ1) is 9.66. The summed E-state index contributed by atoms with van der Waals surface area (Å²) in [6, 6.07) is 3.94. The first-order valence-electron chi connectivity index (χ1n) is 3.39. The molecule has 3 N–H and O–H groups in total. The minimum Gasteiger partial charge on any atom is -0.506 e. The molecule has 0 saturated carbocycles. The second-order valence-electron chi connectivity index (χ2n) is 2.55. The van der Waals surface area contributed by atoms with Crippen molar-refractivity contribution in [2.45, 2.75) is 0 Å². The van der Waals surface area contributed by atoms with Crippen molar-refractivity contribution in [2.24, 2.45) is 0 Å². The van der Waals surface area contributed by atoms with Crippen LogP contribution in [-0.4, -0.2) is 24.9 Å². The SMILES string of the molecule is CS(=O)(=O)Nc1c(O)cccc1O. The third-order valence-corrected chi connectivity index (χ3v) is 1.88. The molecule has 6 heteroatoms. The topological polar surface area (TPSA) is 86.6 Å². The summed E-state index contributed by atoms with van der Waals surface area (Å²) in [6.45, 7) is 0. The molecule has 0 aliphatic heterocycles. The number of sulfonamides is 1. The normalized spacial score (nSPS) is 11.2. The van der Waals surface area contributed by atoms with Gasteiger partial charge in [-0.2, -0.15) is 0 Å². The Morgan fingerprint density at radius 1 is 1.23 bits per heavy atom. The molecule has 0 saturated heterocycles. The monoisotopic (exact) mass is 203 g/mol. The molecule has 0 heterocycles. The summed E-state index contributed by atoms with van der Waals surface area (Å²) in [6.07, 6.45) is 0.929. The van der Waals surface area contributed by atoms with E-state index in [0.29, 0.717) is 0 Å². The molecule has 13 heavy (non-hydrogen) atoms. The Hall–Kier alpha value is -1.43. The number of phenols is 2. The van der Waals surface area contributed by atoms with Gasteiger partial charge in [-0.05, 0) is 12.1 Å². The predicted octanol–water partition coefficient (Wildman–Crippen LogP) is 0.469. The van der Waals surface area contributed by atoms with Crippen LogP contribution in [0.3, 0.4) is 0 Å². The second-order valence-corrected chi connectivity index (χ2v) is 4.29. The van der Waals surface area contributed by atoms with Crippen LogP contribution in [0.5, 0.6) is 11.5 Å². The Morgan fingerprint density at radius 3 is 2.08 bits per heavy atom. The maximum atomic E-state index is 10.8. The van der Waals surface area contributed by atoms with Crippen LogP contribution in [0.1, 0.15) is 0 Å². The summed E-state index contributed by atoms with van der Waals surface area (Å²) in [5.41, 5.74) is -0.204. The lowest BCUT2D eigenvalue weighted by Gasteiger charge is -2.07. The van der Waals surface area contributed by atoms with E-state index >= 15 is 0 Å². The van der Waals surface area contributed by atoms with Crippen molar-refractivity contribution in [2.75, 3.05) is 11.0 Å². The van der Waals surface area contributed by atoms with Crippen LogP contribution < -0.4 is 4.72 Å². The summed E-state index contributed by atoms with van der Waals surface area (Å²) in [5, 5.41) is 18.3. The molecular weight excluding hydrogens is 194 g/mol. The molecule has 0 spiro atoms. The molecule has 72 valence electrons. The number of anilines is 1. The highest BCUT2D eigenvalue weighted by atomic mass is 32.2. The molecule has 5 nitrogen and oxygen atoms in total. The van der Waals surface area contributed by atoms with Crippen molar-refractivity contribution in [3.05, 3.63) is 18.2 Å². The fourth-order valence-electron chi connectivity index (χ4n) is 0.818. The number of aromatic hydroxyl groups is 2. The lowest BCUT2D eigenvalue weighted by atomic mass is 10.3. The lowest BCUT2D eigenvalue weighted by molar-refractivity contribution is 0.455. The smallest absolute Gasteiger partial charge is 0.230 e. The van der Waals surface area contributed by atoms with Crippen molar-refractivity contribution < 1.29 is 18.6 Å². The Labute approximate surface area is 75.7 Å². The number of para-hydroxylation sites is 1. The van der Waals surface area contributed by atoms with Gasteiger partial charge in [-0.25, -0.2) is 8.42 Å². The average Bonchev–Trinajstić information content (AvgIpc) is 1.95. The highest BCUT2D eigenvalue weighted by Gasteiger charge is 2.10. The van der Waals surface area contributed by atoms with Crippen molar-refractivity contribution in [1.82, 2.24) is 0 Å². The molecule has 1 aromatic rings. The fraction of sp³-hybridized carbons (Fsp3) is 0.143. The summed E-state index contributed by atoms with van der Waals surface area (Å²) in [4.78, 5) is 0. The zero-order valence-corrected chi connectivity index (χ0v) is 7.67. The van der Waals surface area contributed by atoms with E-state index in [1.54, 1.807) is 0 Å². The van der Waals surface area contributed by atoms with Gasteiger partial charge in [0.1, 0.15) is 17.2 Å². The van der Waals surface area contributed by atoms with Gasteiger partial charge in [0.15, 0.2) is 0 Å². The van der Waals surface area contributed by atoms with Gasteiger partial charge in [-0.15, -0.1) is 0 Å². The highest BCUT2D eigenvalue weighted by molar-refractivity contribution is 7.92. The molecule has 0 fully saturated rings. The van der Waals surface area contributed by atoms with Crippen molar-refractivity contribution >= 4 is 15.7 Å². The van der Waals surface area contributed by atoms with E-state index in [0.717, 1.165) is 6.26 Å². The first-order valence-corrected chi connectivity index (χ1v) is 5.28. The van der Waals surface area contributed by atoms with Crippen molar-refractivity contribution in [3.8, 4) is 11.5 Å². The van der Waals surface area contributed by atoms with Crippen molar-refractivity contribution in [3.63, 3.8) is 0 Å². The van der Waals surface area contributed by atoms with Gasteiger partial charge in [0.05, 0.1) is 6.26 Å². The minimum atomic E-state index is -3.49. The standard InChI is InChI=1S/C7H9NO4S/c1-13(11,12)8-7-5(9)3-2-4-6(7)10/h2-4,8-10H,1H3. The third kappa shape index (κ3) is 2.51. The van der Waals surface area contributed by atoms with Crippen LogP contribution in [-0.2, 0) is 10.0 Å². The molecule has 0 atom stereocenters. The maximum Gasteiger partial charge on any atom is 0.230 e. The van der Waals surface area contributed by atoms with Crippen LogP contribution in [0.25, 0.3) is 0 Å². The highest BCUT2D eigenvalue weighted by Crippen LogP contribution is 2.32. The van der Waals surface area contributed by atoms with E-state index in [2.05, 4.69) is 0 Å². The number of hydrogen-bond acceptors (Lipinski definition) is 4. The second kappa shape index (κ2) is 3.14. The summed E-state index contributed by atoms with van der Waals surface area (Å²) < 4.78 is 23.5. The van der Waals surface area contributed by atoms with Gasteiger partial charge in [0.25, 0.3) is 0 Å². The van der Waals surface area contributed by atoms with Gasteiger partial charge in [-0.1, -0.05) is 6.07 Å². The first-order chi connectivity index (χ1) is 5.90. The van der Waals surface area contributed by atoms with Crippen LogP contribution in [0, 0.1) is 0 Å². The maximum absolute atomic E-state index is 10.8. The third-order valence-electron chi connectivity index (χ3n) is 1.31. The Kier molecular flexibility index (Phi) is 2.33. The molecule has 0 unspecified atom stereocenters. The van der Waals surface area contributed by atoms with E-state index in [9.17, 15) is 8.42 Å². The molecule has 0 bridgehead atoms. The van der Waals surface area contributed by atoms with Gasteiger partial charge in [0.2, 0.25) is 10.0 Å². The molecule has 1 rings (SSSR count). The molecule has 0 radical (unpaired) electrons. The summed E-state index contributed by atoms with van der Waals surface area (Å²) >= 11 is 0. The van der Waals surface area contributed by atoms with Gasteiger partial charge in [-0.3, -0.25) is 4.72 Å². The average molecular weight is 203 g/mol. The minimum absolute atomic E-state index is 0.204. The van der Waals surface area contributed by atoms with Gasteiger partial charge >= 0.3 is 0 Å². The zero-order valence-electron chi connectivity index (χ0n) is 6.85. The van der Waals surface area contributed by atoms with E-state index in [-0.39, 0.29) is 17.2 Å². The number of hydrogen-bond donors (Lipinski definition) is 3. The van der Waals surface area contributed by atoms with E-state index < -0.39 is 10.0 Å². The molecule has 0 aliphatic rings. The molecular formula is C7H9NO4S. The van der Waals surface area contributed by atoms with Crippen LogP contribution in [0.15, 0.2) is 18.2 Å². The van der Waals surface area contributed by atoms with Crippen LogP contribution >= 0.6 is 0 Å². The van der Waals surface area contributed by atoms with Gasteiger partial charge in [0, 0.05) is 0 Å². The molecule has 0 amide bonds. The number of nitrogens with one attached hydrogen (secondary N) is 1. The quantitative estimate of drug-likeness (QED) is 0.610. The number of benzene rings is 1. The largest absolute Gasteiger partial charge is 0.506 e. The predicted molar refractivity (Wildman–Crippen MR) is 48.2 cm³/mol. The Balaban J connectivity index is 3.15. The fourth-order valence-corrected chi connectivity index (χ4v) is 1.40. The zero-order chi connectivity index (χ0) is 10.1. The van der Waals surface area contributed by atoms with Gasteiger partial charge < -0.3 is 10.2 Å². The van der Waals surface area contributed by atoms with E-state index in [1.165, 1.54) is 18.2 Å². The van der Waals surface area contributed by atoms with E-state index in [1.807, 2.05) is 4.72 Å². The molecule has 0 aliphatic carbocycles. The Bertz CT molecular complexity index is 392. The molecule has 1 aromatic carbocycles. The molecule has 0 aromatic heterocycles. The van der Waals surface area contributed by atoms with E-state index in [4.69, 9.17) is 10.2 Å².